The first-order valence-electron chi connectivity index (χ1n) is 8.39. The van der Waals surface area contributed by atoms with Crippen molar-refractivity contribution in [2.45, 2.75) is 19.4 Å². The zero-order chi connectivity index (χ0) is 18.4. The van der Waals surface area contributed by atoms with Gasteiger partial charge < -0.3 is 10.1 Å². The van der Waals surface area contributed by atoms with Gasteiger partial charge in [0.15, 0.2) is 5.69 Å². The lowest BCUT2D eigenvalue weighted by Crippen LogP contribution is -2.25. The van der Waals surface area contributed by atoms with Gasteiger partial charge >= 0.3 is 5.97 Å². The standard InChI is InChI=1S/C19H20N4O3/c1-26-18(24)10-5-11-20-19(25)17-13-23(22-21-17)12-15-8-4-7-14-6-2-3-9-16(14)15/h2-4,6-9,13H,5,10-12H2,1H3,(H,20,25). The number of amides is 1. The highest BCUT2D eigenvalue weighted by Gasteiger charge is 2.11. The number of nitrogens with zero attached hydrogens (tertiary/aromatic N) is 3. The van der Waals surface area contributed by atoms with Crippen LogP contribution in [-0.2, 0) is 16.1 Å². The number of rotatable bonds is 7. The van der Waals surface area contributed by atoms with E-state index in [1.165, 1.54) is 7.11 Å². The van der Waals surface area contributed by atoms with Crippen molar-refractivity contribution in [3.05, 3.63) is 59.9 Å². The Balaban J connectivity index is 1.61. The monoisotopic (exact) mass is 352 g/mol. The number of carbonyl (C=O) groups excluding carboxylic acids is 2. The topological polar surface area (TPSA) is 86.1 Å². The molecule has 1 heterocycles. The quantitative estimate of drug-likeness (QED) is 0.520. The maximum atomic E-state index is 12.1. The average Bonchev–Trinajstić information content (AvgIpc) is 3.14. The Morgan fingerprint density at radius 2 is 1.96 bits per heavy atom. The zero-order valence-corrected chi connectivity index (χ0v) is 14.5. The first-order chi connectivity index (χ1) is 12.7. The second-order valence-electron chi connectivity index (χ2n) is 5.88. The van der Waals surface area contributed by atoms with Crippen LogP contribution in [0.15, 0.2) is 48.7 Å². The molecule has 0 bridgehead atoms. The van der Waals surface area contributed by atoms with Gasteiger partial charge in [-0.2, -0.15) is 0 Å². The van der Waals surface area contributed by atoms with Crippen LogP contribution in [0.1, 0.15) is 28.9 Å². The van der Waals surface area contributed by atoms with Crippen molar-refractivity contribution in [2.75, 3.05) is 13.7 Å². The number of methoxy groups -OCH3 is 1. The maximum absolute atomic E-state index is 12.1. The van der Waals surface area contributed by atoms with E-state index in [1.54, 1.807) is 10.9 Å². The lowest BCUT2D eigenvalue weighted by molar-refractivity contribution is -0.140. The van der Waals surface area contributed by atoms with Crippen molar-refractivity contribution in [1.82, 2.24) is 20.3 Å². The van der Waals surface area contributed by atoms with Crippen LogP contribution in [0.5, 0.6) is 0 Å². The Morgan fingerprint density at radius 1 is 1.15 bits per heavy atom. The predicted octanol–water partition coefficient (Wildman–Crippen LogP) is 2.16. The normalized spacial score (nSPS) is 10.7. The zero-order valence-electron chi connectivity index (χ0n) is 14.5. The van der Waals surface area contributed by atoms with E-state index in [-0.39, 0.29) is 24.0 Å². The summed E-state index contributed by atoms with van der Waals surface area (Å²) in [7, 11) is 1.34. The smallest absolute Gasteiger partial charge is 0.305 e. The van der Waals surface area contributed by atoms with Crippen molar-refractivity contribution >= 4 is 22.6 Å². The van der Waals surface area contributed by atoms with Crippen molar-refractivity contribution in [2.24, 2.45) is 0 Å². The number of ether oxygens (including phenoxy) is 1. The minimum Gasteiger partial charge on any atom is -0.469 e. The second kappa shape index (κ2) is 8.24. The van der Waals surface area contributed by atoms with Crippen LogP contribution in [0.3, 0.4) is 0 Å². The van der Waals surface area contributed by atoms with E-state index in [4.69, 9.17) is 0 Å². The molecule has 2 aromatic carbocycles. The van der Waals surface area contributed by atoms with E-state index in [0.717, 1.165) is 16.3 Å². The third kappa shape index (κ3) is 4.24. The SMILES string of the molecule is COC(=O)CCCNC(=O)c1cn(Cc2cccc3ccccc23)nn1. The van der Waals surface area contributed by atoms with E-state index in [0.29, 0.717) is 19.5 Å². The Bertz CT molecular complexity index is 915. The van der Waals surface area contributed by atoms with Gasteiger partial charge in [0, 0.05) is 13.0 Å². The van der Waals surface area contributed by atoms with Crippen LogP contribution in [0, 0.1) is 0 Å². The molecule has 7 heteroatoms. The van der Waals surface area contributed by atoms with Crippen molar-refractivity contribution in [1.29, 1.82) is 0 Å². The lowest BCUT2D eigenvalue weighted by Gasteiger charge is -2.06. The molecule has 1 amide bonds. The average molecular weight is 352 g/mol. The Morgan fingerprint density at radius 3 is 2.81 bits per heavy atom. The molecule has 26 heavy (non-hydrogen) atoms. The number of fused-ring (bicyclic) bond motifs is 1. The van der Waals surface area contributed by atoms with Crippen LogP contribution in [-0.4, -0.2) is 40.5 Å². The third-order valence-electron chi connectivity index (χ3n) is 4.05. The number of esters is 1. The van der Waals surface area contributed by atoms with E-state index >= 15 is 0 Å². The van der Waals surface area contributed by atoms with E-state index in [1.807, 2.05) is 24.3 Å². The summed E-state index contributed by atoms with van der Waals surface area (Å²) in [4.78, 5) is 23.1. The molecule has 0 aliphatic carbocycles. The summed E-state index contributed by atoms with van der Waals surface area (Å²) in [5, 5.41) is 13.0. The molecular formula is C19H20N4O3. The Hall–Kier alpha value is -3.22. The largest absolute Gasteiger partial charge is 0.469 e. The van der Waals surface area contributed by atoms with Gasteiger partial charge in [0.1, 0.15) is 0 Å². The highest BCUT2D eigenvalue weighted by atomic mass is 16.5. The molecule has 0 atom stereocenters. The molecule has 3 rings (SSSR count). The predicted molar refractivity (Wildman–Crippen MR) is 96.7 cm³/mol. The summed E-state index contributed by atoms with van der Waals surface area (Å²) in [6.07, 6.45) is 2.41. The fourth-order valence-corrected chi connectivity index (χ4v) is 2.71. The minimum absolute atomic E-state index is 0.253. The van der Waals surface area contributed by atoms with Crippen molar-refractivity contribution < 1.29 is 14.3 Å². The number of hydrogen-bond donors (Lipinski definition) is 1. The highest BCUT2D eigenvalue weighted by Crippen LogP contribution is 2.19. The molecular weight excluding hydrogens is 332 g/mol. The molecule has 0 saturated carbocycles. The van der Waals surface area contributed by atoms with Gasteiger partial charge in [0.05, 0.1) is 19.9 Å². The number of nitrogens with one attached hydrogen (secondary N) is 1. The minimum atomic E-state index is -0.306. The number of benzene rings is 2. The molecule has 1 aromatic heterocycles. The molecule has 0 aliphatic heterocycles. The molecule has 134 valence electrons. The molecule has 0 spiro atoms. The van der Waals surface area contributed by atoms with Gasteiger partial charge in [0.25, 0.3) is 5.91 Å². The lowest BCUT2D eigenvalue weighted by atomic mass is 10.0. The maximum Gasteiger partial charge on any atom is 0.305 e. The van der Waals surface area contributed by atoms with Gasteiger partial charge in [-0.05, 0) is 22.8 Å². The highest BCUT2D eigenvalue weighted by molar-refractivity contribution is 5.91. The summed E-state index contributed by atoms with van der Waals surface area (Å²) in [6, 6.07) is 14.2. The van der Waals surface area contributed by atoms with Crippen LogP contribution in [0.2, 0.25) is 0 Å². The van der Waals surface area contributed by atoms with E-state index in [2.05, 4.69) is 38.6 Å². The molecule has 0 aliphatic rings. The third-order valence-corrected chi connectivity index (χ3v) is 4.05. The van der Waals surface area contributed by atoms with E-state index < -0.39 is 0 Å². The second-order valence-corrected chi connectivity index (χ2v) is 5.88. The van der Waals surface area contributed by atoms with Crippen LogP contribution < -0.4 is 5.32 Å². The van der Waals surface area contributed by atoms with Crippen LogP contribution in [0.4, 0.5) is 0 Å². The molecule has 1 N–H and O–H groups in total. The molecule has 7 nitrogen and oxygen atoms in total. The van der Waals surface area contributed by atoms with E-state index in [9.17, 15) is 9.59 Å². The number of aromatic nitrogens is 3. The van der Waals surface area contributed by atoms with Gasteiger partial charge in [-0.15, -0.1) is 5.10 Å². The Kier molecular flexibility index (Phi) is 5.58. The molecule has 0 fully saturated rings. The fourth-order valence-electron chi connectivity index (χ4n) is 2.71. The van der Waals surface area contributed by atoms with Gasteiger partial charge in [0.2, 0.25) is 0 Å². The number of carbonyl (C=O) groups is 2. The molecule has 0 unspecified atom stereocenters. The van der Waals surface area contributed by atoms with Crippen molar-refractivity contribution in [3.63, 3.8) is 0 Å². The first-order valence-corrected chi connectivity index (χ1v) is 8.39. The first kappa shape index (κ1) is 17.6. The fraction of sp³-hybridized carbons (Fsp3) is 0.263. The molecule has 3 aromatic rings. The summed E-state index contributed by atoms with van der Waals surface area (Å²) in [5.74, 6) is -0.598. The molecule has 0 radical (unpaired) electrons. The van der Waals surface area contributed by atoms with Crippen molar-refractivity contribution in [3.8, 4) is 0 Å². The summed E-state index contributed by atoms with van der Waals surface area (Å²) in [6.45, 7) is 0.911. The number of hydrogen-bond acceptors (Lipinski definition) is 5. The summed E-state index contributed by atoms with van der Waals surface area (Å²) >= 11 is 0. The van der Waals surface area contributed by atoms with Gasteiger partial charge in [-0.1, -0.05) is 47.7 Å². The Labute approximate surface area is 151 Å². The summed E-state index contributed by atoms with van der Waals surface area (Å²) < 4.78 is 6.20. The van der Waals surface area contributed by atoms with Gasteiger partial charge in [-0.25, -0.2) is 4.68 Å². The molecule has 0 saturated heterocycles. The summed E-state index contributed by atoms with van der Waals surface area (Å²) in [5.41, 5.74) is 1.36. The van der Waals surface area contributed by atoms with Crippen LogP contribution in [0.25, 0.3) is 10.8 Å². The van der Waals surface area contributed by atoms with Crippen LogP contribution >= 0.6 is 0 Å². The van der Waals surface area contributed by atoms with Gasteiger partial charge in [-0.3, -0.25) is 9.59 Å².